The van der Waals surface area contributed by atoms with Crippen LogP contribution in [0.15, 0.2) is 42.5 Å². The highest BCUT2D eigenvalue weighted by Crippen LogP contribution is 2.16. The van der Waals surface area contributed by atoms with Crippen LogP contribution in [0.1, 0.15) is 35.8 Å². The van der Waals surface area contributed by atoms with E-state index in [4.69, 9.17) is 0 Å². The summed E-state index contributed by atoms with van der Waals surface area (Å²) in [6.07, 6.45) is 0. The van der Waals surface area contributed by atoms with Crippen molar-refractivity contribution in [1.29, 1.82) is 0 Å². The first-order valence-electron chi connectivity index (χ1n) is 7.46. The number of anilines is 1. The maximum absolute atomic E-state index is 13.2. The molecule has 0 aliphatic heterocycles. The molecule has 0 heterocycles. The molecule has 0 saturated heterocycles. The van der Waals surface area contributed by atoms with Gasteiger partial charge in [-0.05, 0) is 43.7 Å². The number of nitrogens with one attached hydrogen (secondary N) is 2. The van der Waals surface area contributed by atoms with Gasteiger partial charge >= 0.3 is 0 Å². The fourth-order valence-corrected chi connectivity index (χ4v) is 2.17. The average molecular weight is 332 g/mol. The van der Waals surface area contributed by atoms with Crippen LogP contribution in [0.2, 0.25) is 0 Å². The van der Waals surface area contributed by atoms with Crippen molar-refractivity contribution >= 4 is 17.4 Å². The number of rotatable bonds is 6. The fraction of sp³-hybridized carbons (Fsp3) is 0.222. The Morgan fingerprint density at radius 3 is 2.50 bits per heavy atom. The van der Waals surface area contributed by atoms with Crippen molar-refractivity contribution in [3.63, 3.8) is 0 Å². The third-order valence-corrected chi connectivity index (χ3v) is 3.57. The molecule has 2 rings (SSSR count). The summed E-state index contributed by atoms with van der Waals surface area (Å²) in [5, 5.41) is 5.61. The zero-order valence-electron chi connectivity index (χ0n) is 13.4. The van der Waals surface area contributed by atoms with Crippen LogP contribution in [0.3, 0.4) is 0 Å². The molecule has 24 heavy (non-hydrogen) atoms. The number of amides is 1. The minimum absolute atomic E-state index is 0.00946. The first-order valence-corrected chi connectivity index (χ1v) is 7.46. The van der Waals surface area contributed by atoms with E-state index in [1.54, 1.807) is 31.2 Å². The van der Waals surface area contributed by atoms with Crippen LogP contribution in [-0.4, -0.2) is 18.2 Å². The standard InChI is InChI=1S/C18H18F2N2O2/c1-11(13-6-7-16(19)17(20)9-13)21-10-18(24)22-15-5-3-4-14(8-15)12(2)23/h3-9,11,21H,10H2,1-2H3,(H,22,24)/t11-/m1/s1. The van der Waals surface area contributed by atoms with Gasteiger partial charge in [0.15, 0.2) is 17.4 Å². The Hall–Kier alpha value is -2.60. The predicted octanol–water partition coefficient (Wildman–Crippen LogP) is 3.46. The number of halogens is 2. The van der Waals surface area contributed by atoms with Crippen molar-refractivity contribution in [2.45, 2.75) is 19.9 Å². The lowest BCUT2D eigenvalue weighted by Gasteiger charge is -2.14. The maximum Gasteiger partial charge on any atom is 0.238 e. The Balaban J connectivity index is 1.91. The molecule has 2 N–H and O–H groups in total. The Kier molecular flexibility index (Phi) is 5.76. The SMILES string of the molecule is CC(=O)c1cccc(NC(=O)CN[C@H](C)c2ccc(F)c(F)c2)c1. The summed E-state index contributed by atoms with van der Waals surface area (Å²) in [5.74, 6) is -2.22. The normalized spacial score (nSPS) is 11.8. The number of ketones is 1. The molecule has 0 aliphatic rings. The number of Topliss-reactive ketones (excluding diaryl/α,β-unsaturated/α-hetero) is 1. The second-order valence-electron chi connectivity index (χ2n) is 5.46. The highest BCUT2D eigenvalue weighted by atomic mass is 19.2. The summed E-state index contributed by atoms with van der Waals surface area (Å²) in [6, 6.07) is 9.92. The summed E-state index contributed by atoms with van der Waals surface area (Å²) in [5.41, 5.74) is 1.58. The smallest absolute Gasteiger partial charge is 0.238 e. The van der Waals surface area contributed by atoms with Gasteiger partial charge in [-0.1, -0.05) is 18.2 Å². The molecular weight excluding hydrogens is 314 g/mol. The van der Waals surface area contributed by atoms with E-state index in [0.717, 1.165) is 12.1 Å². The van der Waals surface area contributed by atoms with Gasteiger partial charge in [0.25, 0.3) is 0 Å². The van der Waals surface area contributed by atoms with Crippen LogP contribution in [-0.2, 0) is 4.79 Å². The van der Waals surface area contributed by atoms with Crippen LogP contribution in [0, 0.1) is 11.6 Å². The van der Waals surface area contributed by atoms with Gasteiger partial charge in [-0.15, -0.1) is 0 Å². The molecule has 2 aromatic rings. The van der Waals surface area contributed by atoms with E-state index < -0.39 is 11.6 Å². The molecule has 1 amide bonds. The summed E-state index contributed by atoms with van der Waals surface area (Å²) in [6.45, 7) is 3.19. The monoisotopic (exact) mass is 332 g/mol. The molecule has 126 valence electrons. The Labute approximate surface area is 138 Å². The molecule has 0 aliphatic carbocycles. The van der Waals surface area contributed by atoms with E-state index in [1.807, 2.05) is 0 Å². The van der Waals surface area contributed by atoms with Gasteiger partial charge in [0, 0.05) is 17.3 Å². The van der Waals surface area contributed by atoms with Crippen molar-refractivity contribution < 1.29 is 18.4 Å². The molecule has 6 heteroatoms. The van der Waals surface area contributed by atoms with Gasteiger partial charge in [-0.2, -0.15) is 0 Å². The van der Waals surface area contributed by atoms with E-state index in [-0.39, 0.29) is 24.3 Å². The minimum atomic E-state index is -0.924. The Morgan fingerprint density at radius 2 is 1.83 bits per heavy atom. The van der Waals surface area contributed by atoms with Crippen molar-refractivity contribution in [1.82, 2.24) is 5.32 Å². The Bertz CT molecular complexity index is 762. The number of hydrogen-bond acceptors (Lipinski definition) is 3. The third kappa shape index (κ3) is 4.70. The third-order valence-electron chi connectivity index (χ3n) is 3.57. The molecule has 0 spiro atoms. The van der Waals surface area contributed by atoms with Crippen molar-refractivity contribution in [2.24, 2.45) is 0 Å². The van der Waals surface area contributed by atoms with Crippen LogP contribution >= 0.6 is 0 Å². The molecule has 0 bridgehead atoms. The fourth-order valence-electron chi connectivity index (χ4n) is 2.17. The van der Waals surface area contributed by atoms with Gasteiger partial charge < -0.3 is 10.6 Å². The van der Waals surface area contributed by atoms with Crippen molar-refractivity contribution in [3.05, 3.63) is 65.2 Å². The molecule has 0 saturated carbocycles. The van der Waals surface area contributed by atoms with E-state index in [1.165, 1.54) is 13.0 Å². The highest BCUT2D eigenvalue weighted by Gasteiger charge is 2.11. The van der Waals surface area contributed by atoms with Gasteiger partial charge in [0.05, 0.1) is 6.54 Å². The largest absolute Gasteiger partial charge is 0.325 e. The lowest BCUT2D eigenvalue weighted by Crippen LogP contribution is -2.30. The molecule has 0 unspecified atom stereocenters. The summed E-state index contributed by atoms with van der Waals surface area (Å²) >= 11 is 0. The lowest BCUT2D eigenvalue weighted by atomic mass is 10.1. The molecule has 0 radical (unpaired) electrons. The molecule has 0 aromatic heterocycles. The first kappa shape index (κ1) is 17.7. The molecular formula is C18H18F2N2O2. The van der Waals surface area contributed by atoms with Crippen LogP contribution in [0.5, 0.6) is 0 Å². The second-order valence-corrected chi connectivity index (χ2v) is 5.46. The highest BCUT2D eigenvalue weighted by molar-refractivity contribution is 5.97. The van der Waals surface area contributed by atoms with Gasteiger partial charge in [0.2, 0.25) is 5.91 Å². The Morgan fingerprint density at radius 1 is 1.08 bits per heavy atom. The summed E-state index contributed by atoms with van der Waals surface area (Å²) in [4.78, 5) is 23.3. The molecule has 0 fully saturated rings. The number of carbonyl (C=O) groups excluding carboxylic acids is 2. The number of benzene rings is 2. The minimum Gasteiger partial charge on any atom is -0.325 e. The zero-order valence-corrected chi connectivity index (χ0v) is 13.4. The topological polar surface area (TPSA) is 58.2 Å². The number of hydrogen-bond donors (Lipinski definition) is 2. The van der Waals surface area contributed by atoms with Crippen molar-refractivity contribution in [2.75, 3.05) is 11.9 Å². The van der Waals surface area contributed by atoms with Gasteiger partial charge in [-0.3, -0.25) is 9.59 Å². The maximum atomic E-state index is 13.2. The molecule has 2 aromatic carbocycles. The zero-order chi connectivity index (χ0) is 17.7. The van der Waals surface area contributed by atoms with Crippen LogP contribution < -0.4 is 10.6 Å². The average Bonchev–Trinajstić information content (AvgIpc) is 2.55. The van der Waals surface area contributed by atoms with E-state index in [2.05, 4.69) is 10.6 Å². The van der Waals surface area contributed by atoms with E-state index >= 15 is 0 Å². The lowest BCUT2D eigenvalue weighted by molar-refractivity contribution is -0.115. The van der Waals surface area contributed by atoms with Gasteiger partial charge in [0.1, 0.15) is 0 Å². The van der Waals surface area contributed by atoms with E-state index in [9.17, 15) is 18.4 Å². The van der Waals surface area contributed by atoms with Crippen LogP contribution in [0.25, 0.3) is 0 Å². The van der Waals surface area contributed by atoms with Crippen molar-refractivity contribution in [3.8, 4) is 0 Å². The predicted molar refractivity (Wildman–Crippen MR) is 87.9 cm³/mol. The molecule has 1 atom stereocenters. The molecule has 4 nitrogen and oxygen atoms in total. The second kappa shape index (κ2) is 7.79. The number of carbonyl (C=O) groups is 2. The van der Waals surface area contributed by atoms with Crippen LogP contribution in [0.4, 0.5) is 14.5 Å². The van der Waals surface area contributed by atoms with E-state index in [0.29, 0.717) is 16.8 Å². The summed E-state index contributed by atoms with van der Waals surface area (Å²) in [7, 11) is 0. The first-order chi connectivity index (χ1) is 11.4. The quantitative estimate of drug-likeness (QED) is 0.797. The summed E-state index contributed by atoms with van der Waals surface area (Å²) < 4.78 is 26.1. The van der Waals surface area contributed by atoms with Gasteiger partial charge in [-0.25, -0.2) is 8.78 Å².